The molecule has 0 aliphatic rings. The largest absolute Gasteiger partial charge is 0.481 e. The summed E-state index contributed by atoms with van der Waals surface area (Å²) in [7, 11) is 0. The molecule has 4 rings (SSSR count). The van der Waals surface area contributed by atoms with Crippen LogP contribution in [-0.2, 0) is 4.79 Å². The van der Waals surface area contributed by atoms with Gasteiger partial charge in [-0.1, -0.05) is 32.0 Å². The van der Waals surface area contributed by atoms with Crippen LogP contribution in [0.15, 0.2) is 65.6 Å². The monoisotopic (exact) mass is 435 g/mol. The summed E-state index contributed by atoms with van der Waals surface area (Å²) in [5.74, 6) is -1.05. The first-order valence-corrected chi connectivity index (χ1v) is 10.1. The van der Waals surface area contributed by atoms with Crippen LogP contribution in [0, 0.1) is 11.7 Å². The third kappa shape index (κ3) is 4.51. The maximum Gasteiger partial charge on any atom is 0.272 e. The van der Waals surface area contributed by atoms with Crippen molar-refractivity contribution in [2.75, 3.05) is 6.61 Å². The molecule has 1 aromatic carbocycles. The number of nitrogens with zero attached hydrogens (tertiary/aromatic N) is 3. The number of pyridine rings is 1. The Labute approximate surface area is 183 Å². The van der Waals surface area contributed by atoms with E-state index in [9.17, 15) is 14.0 Å². The van der Waals surface area contributed by atoms with Gasteiger partial charge in [0.25, 0.3) is 11.5 Å². The second-order valence-corrected chi connectivity index (χ2v) is 7.61. The Kier molecular flexibility index (Phi) is 5.98. The first kappa shape index (κ1) is 21.2. The van der Waals surface area contributed by atoms with Gasteiger partial charge in [0, 0.05) is 18.3 Å². The average Bonchev–Trinajstić information content (AvgIpc) is 3.22. The summed E-state index contributed by atoms with van der Waals surface area (Å²) >= 11 is 0. The molecule has 3 aromatic heterocycles. The molecule has 1 amide bonds. The van der Waals surface area contributed by atoms with Crippen molar-refractivity contribution in [3.63, 3.8) is 0 Å². The topological polar surface area (TPSA) is 101 Å². The summed E-state index contributed by atoms with van der Waals surface area (Å²) in [5.41, 5.74) is 1.86. The van der Waals surface area contributed by atoms with Crippen LogP contribution >= 0.6 is 0 Å². The first-order valence-electron chi connectivity index (χ1n) is 10.1. The summed E-state index contributed by atoms with van der Waals surface area (Å²) in [6, 6.07) is 13.9. The zero-order chi connectivity index (χ0) is 22.7. The molecule has 164 valence electrons. The minimum atomic E-state index is -0.544. The molecule has 9 heteroatoms. The van der Waals surface area contributed by atoms with Crippen LogP contribution in [0.25, 0.3) is 17.0 Å². The number of benzene rings is 1. The Morgan fingerprint density at radius 1 is 1.19 bits per heavy atom. The number of amides is 1. The lowest BCUT2D eigenvalue weighted by atomic mass is 10.0. The lowest BCUT2D eigenvalue weighted by Gasteiger charge is -2.22. The number of H-pyrrole nitrogens is 1. The fourth-order valence-electron chi connectivity index (χ4n) is 3.32. The van der Waals surface area contributed by atoms with E-state index in [-0.39, 0.29) is 23.8 Å². The summed E-state index contributed by atoms with van der Waals surface area (Å²) in [4.78, 5) is 34.0. The molecule has 0 radical (unpaired) electrons. The predicted molar refractivity (Wildman–Crippen MR) is 117 cm³/mol. The number of rotatable bonds is 7. The molecule has 0 spiro atoms. The van der Waals surface area contributed by atoms with Crippen LogP contribution < -0.4 is 15.6 Å². The van der Waals surface area contributed by atoms with E-state index < -0.39 is 17.8 Å². The predicted octanol–water partition coefficient (Wildman–Crippen LogP) is 3.12. The molecule has 3 heterocycles. The number of carbonyl (C=O) groups is 1. The summed E-state index contributed by atoms with van der Waals surface area (Å²) < 4.78 is 20.3. The minimum absolute atomic E-state index is 0.00379. The second kappa shape index (κ2) is 9.01. The molecule has 0 saturated carbocycles. The molecule has 4 aromatic rings. The molecular formula is C23H22FN5O3. The zero-order valence-corrected chi connectivity index (χ0v) is 17.6. The summed E-state index contributed by atoms with van der Waals surface area (Å²) in [5, 5.41) is 5.83. The maximum absolute atomic E-state index is 13.7. The average molecular weight is 435 g/mol. The smallest absolute Gasteiger partial charge is 0.272 e. The normalized spacial score (nSPS) is 12.1. The lowest BCUT2D eigenvalue weighted by Crippen LogP contribution is -2.36. The number of aromatic nitrogens is 4. The van der Waals surface area contributed by atoms with E-state index in [1.54, 1.807) is 24.4 Å². The number of hydrogen-bond acceptors (Lipinski definition) is 5. The number of halogens is 1. The lowest BCUT2D eigenvalue weighted by molar-refractivity contribution is -0.124. The van der Waals surface area contributed by atoms with Gasteiger partial charge in [0.05, 0.1) is 23.1 Å². The highest BCUT2D eigenvalue weighted by molar-refractivity contribution is 5.78. The Balaban J connectivity index is 1.56. The van der Waals surface area contributed by atoms with Gasteiger partial charge in [-0.2, -0.15) is 0 Å². The van der Waals surface area contributed by atoms with Crippen LogP contribution in [0.1, 0.15) is 25.6 Å². The number of carbonyl (C=O) groups excluding carboxylic acids is 1. The highest BCUT2D eigenvalue weighted by atomic mass is 19.1. The van der Waals surface area contributed by atoms with Crippen LogP contribution in [0.2, 0.25) is 0 Å². The molecule has 1 atom stereocenters. The van der Waals surface area contributed by atoms with Gasteiger partial charge in [-0.05, 0) is 30.2 Å². The van der Waals surface area contributed by atoms with Crippen molar-refractivity contribution >= 4 is 11.6 Å². The standard InChI is InChI=1S/C23H22FN5O3/c1-14(2)23(27-21(30)13-32-19-9-4-3-7-15(19)24)18-12-22(31)29-20(26-18)11-17(28-29)16-8-5-6-10-25-16/h3-12,14,23,28H,13H2,1-2H3,(H,27,30)/t23-/m0/s1. The maximum atomic E-state index is 13.7. The molecule has 2 N–H and O–H groups in total. The molecule has 8 nitrogen and oxygen atoms in total. The van der Waals surface area contributed by atoms with Crippen molar-refractivity contribution < 1.29 is 13.9 Å². The van der Waals surface area contributed by atoms with Crippen molar-refractivity contribution in [2.45, 2.75) is 19.9 Å². The Hall–Kier alpha value is -4.01. The van der Waals surface area contributed by atoms with Crippen molar-refractivity contribution in [1.82, 2.24) is 24.9 Å². The molecule has 32 heavy (non-hydrogen) atoms. The van der Waals surface area contributed by atoms with Gasteiger partial charge in [0.15, 0.2) is 23.8 Å². The minimum Gasteiger partial charge on any atom is -0.481 e. The van der Waals surface area contributed by atoms with Crippen LogP contribution in [0.4, 0.5) is 4.39 Å². The Bertz CT molecular complexity index is 1300. The van der Waals surface area contributed by atoms with Gasteiger partial charge in [-0.25, -0.2) is 13.9 Å². The van der Waals surface area contributed by atoms with Gasteiger partial charge in [0.2, 0.25) is 0 Å². The number of aromatic amines is 1. The van der Waals surface area contributed by atoms with Gasteiger partial charge in [0.1, 0.15) is 0 Å². The number of nitrogens with one attached hydrogen (secondary N) is 2. The zero-order valence-electron chi connectivity index (χ0n) is 17.6. The highest BCUT2D eigenvalue weighted by Crippen LogP contribution is 2.21. The summed E-state index contributed by atoms with van der Waals surface area (Å²) in [6.45, 7) is 3.45. The fourth-order valence-corrected chi connectivity index (χ4v) is 3.32. The molecule has 0 fully saturated rings. The van der Waals surface area contributed by atoms with E-state index in [1.165, 1.54) is 28.8 Å². The van der Waals surface area contributed by atoms with Crippen molar-refractivity contribution in [3.8, 4) is 17.1 Å². The number of fused-ring (bicyclic) bond motifs is 1. The molecule has 0 aliphatic carbocycles. The molecule has 0 bridgehead atoms. The van der Waals surface area contributed by atoms with Crippen molar-refractivity contribution in [2.24, 2.45) is 5.92 Å². The Morgan fingerprint density at radius 3 is 2.69 bits per heavy atom. The number of para-hydroxylation sites is 1. The van der Waals surface area contributed by atoms with E-state index in [0.717, 1.165) is 0 Å². The van der Waals surface area contributed by atoms with E-state index in [2.05, 4.69) is 20.4 Å². The fraction of sp³-hybridized carbons (Fsp3) is 0.217. The quantitative estimate of drug-likeness (QED) is 0.465. The van der Waals surface area contributed by atoms with Crippen molar-refractivity contribution in [3.05, 3.63) is 82.7 Å². The second-order valence-electron chi connectivity index (χ2n) is 7.61. The van der Waals surface area contributed by atoms with E-state index in [4.69, 9.17) is 4.74 Å². The summed E-state index contributed by atoms with van der Waals surface area (Å²) in [6.07, 6.45) is 1.66. The molecular weight excluding hydrogens is 413 g/mol. The van der Waals surface area contributed by atoms with Crippen LogP contribution in [0.5, 0.6) is 5.75 Å². The van der Waals surface area contributed by atoms with Crippen LogP contribution in [-0.4, -0.2) is 32.1 Å². The van der Waals surface area contributed by atoms with Gasteiger partial charge < -0.3 is 10.1 Å². The first-order chi connectivity index (χ1) is 15.4. The van der Waals surface area contributed by atoms with Gasteiger partial charge >= 0.3 is 0 Å². The molecule has 0 unspecified atom stereocenters. The van der Waals surface area contributed by atoms with Gasteiger partial charge in [-0.15, -0.1) is 0 Å². The van der Waals surface area contributed by atoms with Gasteiger partial charge in [-0.3, -0.25) is 19.7 Å². The molecule has 0 saturated heterocycles. The van der Waals surface area contributed by atoms with E-state index in [1.807, 2.05) is 26.0 Å². The Morgan fingerprint density at radius 2 is 1.97 bits per heavy atom. The van der Waals surface area contributed by atoms with E-state index in [0.29, 0.717) is 22.7 Å². The number of hydrogen-bond donors (Lipinski definition) is 2. The SMILES string of the molecule is CC(C)[C@H](NC(=O)COc1ccccc1F)c1cc(=O)n2[nH]c(-c3ccccn3)cc2n1. The van der Waals surface area contributed by atoms with Crippen LogP contribution in [0.3, 0.4) is 0 Å². The number of ether oxygens (including phenoxy) is 1. The third-order valence-corrected chi connectivity index (χ3v) is 4.91. The highest BCUT2D eigenvalue weighted by Gasteiger charge is 2.22. The molecule has 0 aliphatic heterocycles. The van der Waals surface area contributed by atoms with E-state index >= 15 is 0 Å². The van der Waals surface area contributed by atoms with Crippen molar-refractivity contribution in [1.29, 1.82) is 0 Å². The third-order valence-electron chi connectivity index (χ3n) is 4.91.